The minimum Gasteiger partial charge on any atom is -0.387 e. The number of amides is 1. The van der Waals surface area contributed by atoms with E-state index in [4.69, 9.17) is 9.05 Å². The molecule has 0 saturated carbocycles. The summed E-state index contributed by atoms with van der Waals surface area (Å²) >= 11 is 0. The molecular weight excluding hydrogens is 924 g/mol. The Morgan fingerprint density at radius 3 is 1.21 bits per heavy atom. The van der Waals surface area contributed by atoms with E-state index < -0.39 is 20.0 Å². The first kappa shape index (κ1) is 70.7. The van der Waals surface area contributed by atoms with Gasteiger partial charge in [0.25, 0.3) is 0 Å². The molecule has 9 heteroatoms. The number of carbonyl (C=O) groups excluding carboxylic acids is 1. The number of phosphoric ester groups is 1. The predicted molar refractivity (Wildman–Crippen MR) is 318 cm³/mol. The Morgan fingerprint density at radius 1 is 0.479 bits per heavy atom. The van der Waals surface area contributed by atoms with Crippen LogP contribution in [0.25, 0.3) is 0 Å². The van der Waals surface area contributed by atoms with Crippen LogP contribution in [-0.2, 0) is 18.4 Å². The van der Waals surface area contributed by atoms with Gasteiger partial charge in [-0.3, -0.25) is 13.8 Å². The average molecular weight is 1040 g/mol. The number of nitrogens with one attached hydrogen (secondary N) is 1. The number of aliphatic hydroxyl groups is 1. The minimum atomic E-state index is -4.35. The van der Waals surface area contributed by atoms with Gasteiger partial charge in [0.1, 0.15) is 13.2 Å². The lowest BCUT2D eigenvalue weighted by Crippen LogP contribution is -2.45. The van der Waals surface area contributed by atoms with Gasteiger partial charge < -0.3 is 19.8 Å². The number of rotatable bonds is 55. The number of hydrogen-bond donors (Lipinski definition) is 3. The van der Waals surface area contributed by atoms with E-state index in [1.807, 2.05) is 27.2 Å². The van der Waals surface area contributed by atoms with Crippen molar-refractivity contribution in [1.82, 2.24) is 5.32 Å². The van der Waals surface area contributed by atoms with Crippen LogP contribution in [0.2, 0.25) is 0 Å². The van der Waals surface area contributed by atoms with Crippen LogP contribution in [0.1, 0.15) is 264 Å². The number of nitrogens with zero attached hydrogens (tertiary/aromatic N) is 1. The molecule has 0 aliphatic heterocycles. The van der Waals surface area contributed by atoms with Crippen molar-refractivity contribution >= 4 is 13.7 Å². The Hall–Kier alpha value is -2.32. The molecule has 0 saturated heterocycles. The monoisotopic (exact) mass is 1040 g/mol. The summed E-state index contributed by atoms with van der Waals surface area (Å²) in [5.41, 5.74) is 0. The van der Waals surface area contributed by atoms with E-state index in [0.717, 1.165) is 77.0 Å². The van der Waals surface area contributed by atoms with E-state index in [9.17, 15) is 19.4 Å². The molecule has 3 N–H and O–H groups in total. The van der Waals surface area contributed by atoms with Crippen LogP contribution in [0.4, 0.5) is 0 Å². The number of phosphoric acid groups is 1. The molecule has 0 fully saturated rings. The normalized spacial score (nSPS) is 14.5. The van der Waals surface area contributed by atoms with Gasteiger partial charge >= 0.3 is 7.82 Å². The first-order valence-electron chi connectivity index (χ1n) is 30.5. The van der Waals surface area contributed by atoms with E-state index >= 15 is 0 Å². The zero-order chi connectivity index (χ0) is 53.5. The lowest BCUT2D eigenvalue weighted by Gasteiger charge is -2.25. The number of carbonyl (C=O) groups is 1. The molecule has 424 valence electrons. The smallest absolute Gasteiger partial charge is 0.387 e. The molecule has 8 nitrogen and oxygen atoms in total. The molecule has 3 unspecified atom stereocenters. The Labute approximate surface area is 452 Å². The maximum absolute atomic E-state index is 13.0. The summed E-state index contributed by atoms with van der Waals surface area (Å²) in [7, 11) is 1.57. The number of allylic oxidation sites excluding steroid dienone is 13. The Balaban J connectivity index is 4.17. The van der Waals surface area contributed by atoms with Gasteiger partial charge in [0, 0.05) is 6.42 Å². The van der Waals surface area contributed by atoms with Crippen molar-refractivity contribution in [2.75, 3.05) is 40.9 Å². The van der Waals surface area contributed by atoms with Gasteiger partial charge in [-0.1, -0.05) is 272 Å². The van der Waals surface area contributed by atoms with Gasteiger partial charge in [-0.2, -0.15) is 0 Å². The predicted octanol–water partition coefficient (Wildman–Crippen LogP) is 18.8. The van der Waals surface area contributed by atoms with Crippen LogP contribution in [0, 0.1) is 0 Å². The van der Waals surface area contributed by atoms with E-state index in [0.29, 0.717) is 17.4 Å². The molecule has 0 spiro atoms. The van der Waals surface area contributed by atoms with Crippen LogP contribution >= 0.6 is 7.82 Å². The van der Waals surface area contributed by atoms with Crippen LogP contribution in [-0.4, -0.2) is 73.4 Å². The largest absolute Gasteiger partial charge is 0.472 e. The summed E-state index contributed by atoms with van der Waals surface area (Å²) in [6.07, 6.45) is 76.8. The van der Waals surface area contributed by atoms with Gasteiger partial charge in [0.15, 0.2) is 0 Å². The van der Waals surface area contributed by atoms with E-state index in [2.05, 4.69) is 92.1 Å². The molecule has 0 bridgehead atoms. The number of aliphatic hydroxyl groups excluding tert-OH is 1. The molecule has 3 atom stereocenters. The molecule has 0 radical (unpaired) electrons. The number of likely N-dealkylation sites (N-methyl/N-ethyl adjacent to an activating group) is 1. The molecule has 0 aliphatic rings. The SMILES string of the molecule is CC/C=C\C/C=C\C/C=C\C/C=C\C/C=C\C/C=C\CCCCCCCCCCCCCCC(=O)NC(COP(=O)(O)OCC[N+](C)(C)C)C(O)/C=C/CCCCCCCCCCCCCCCCCCCC. The molecule has 0 aliphatic carbocycles. The second-order valence-electron chi connectivity index (χ2n) is 21.7. The van der Waals surface area contributed by atoms with Gasteiger partial charge in [0.05, 0.1) is 39.9 Å². The third-order valence-electron chi connectivity index (χ3n) is 13.4. The Morgan fingerprint density at radius 2 is 0.822 bits per heavy atom. The van der Waals surface area contributed by atoms with Crippen molar-refractivity contribution in [3.63, 3.8) is 0 Å². The van der Waals surface area contributed by atoms with Crippen LogP contribution in [0.3, 0.4) is 0 Å². The first-order chi connectivity index (χ1) is 35.5. The van der Waals surface area contributed by atoms with Crippen molar-refractivity contribution in [3.05, 3.63) is 85.1 Å². The fourth-order valence-electron chi connectivity index (χ4n) is 8.64. The summed E-state index contributed by atoms with van der Waals surface area (Å²) in [6.45, 7) is 4.72. The fourth-order valence-corrected chi connectivity index (χ4v) is 9.37. The van der Waals surface area contributed by atoms with Crippen molar-refractivity contribution in [2.45, 2.75) is 276 Å². The highest BCUT2D eigenvalue weighted by Gasteiger charge is 2.27. The molecule has 0 rings (SSSR count). The number of quaternary nitrogens is 1. The molecular formula is C64H118N2O6P+. The number of hydrogen-bond acceptors (Lipinski definition) is 5. The van der Waals surface area contributed by atoms with E-state index in [1.54, 1.807) is 6.08 Å². The third kappa shape index (κ3) is 57.2. The summed E-state index contributed by atoms with van der Waals surface area (Å²) in [5.74, 6) is -0.180. The zero-order valence-corrected chi connectivity index (χ0v) is 49.3. The van der Waals surface area contributed by atoms with E-state index in [1.165, 1.54) is 167 Å². The zero-order valence-electron chi connectivity index (χ0n) is 48.4. The van der Waals surface area contributed by atoms with Crippen LogP contribution in [0.5, 0.6) is 0 Å². The summed E-state index contributed by atoms with van der Waals surface area (Å²) in [6, 6.07) is -0.853. The van der Waals surface area contributed by atoms with E-state index in [-0.39, 0.29) is 19.1 Å². The highest BCUT2D eigenvalue weighted by Crippen LogP contribution is 2.43. The molecule has 0 aromatic heterocycles. The summed E-state index contributed by atoms with van der Waals surface area (Å²) < 4.78 is 23.7. The summed E-state index contributed by atoms with van der Waals surface area (Å²) in [5, 5.41) is 14.0. The lowest BCUT2D eigenvalue weighted by molar-refractivity contribution is -0.870. The van der Waals surface area contributed by atoms with Crippen LogP contribution in [0.15, 0.2) is 85.1 Å². The molecule has 0 aromatic carbocycles. The van der Waals surface area contributed by atoms with Crippen molar-refractivity contribution < 1.29 is 32.9 Å². The van der Waals surface area contributed by atoms with Gasteiger partial charge in [-0.25, -0.2) is 4.57 Å². The second-order valence-corrected chi connectivity index (χ2v) is 23.2. The quantitative estimate of drug-likeness (QED) is 0.0243. The number of unbranched alkanes of at least 4 members (excludes halogenated alkanes) is 30. The Bertz CT molecular complexity index is 1460. The highest BCUT2D eigenvalue weighted by atomic mass is 31.2. The van der Waals surface area contributed by atoms with Crippen LogP contribution < -0.4 is 5.32 Å². The maximum Gasteiger partial charge on any atom is 0.472 e. The highest BCUT2D eigenvalue weighted by molar-refractivity contribution is 7.47. The fraction of sp³-hybridized carbons (Fsp3) is 0.766. The minimum absolute atomic E-state index is 0.0585. The molecule has 0 aromatic rings. The van der Waals surface area contributed by atoms with Crippen molar-refractivity contribution in [2.24, 2.45) is 0 Å². The molecule has 73 heavy (non-hydrogen) atoms. The average Bonchev–Trinajstić information content (AvgIpc) is 3.35. The van der Waals surface area contributed by atoms with Crippen molar-refractivity contribution in [1.29, 1.82) is 0 Å². The van der Waals surface area contributed by atoms with Crippen molar-refractivity contribution in [3.8, 4) is 0 Å². The standard InChI is InChI=1S/C64H117N2O6P/c1-6-8-10-12-14-16-18-20-22-24-26-28-29-30-31-32-33-34-35-36-37-38-40-42-44-46-48-50-52-54-56-58-64(68)65-62(61-72-73(69,70)71-60-59-66(3,4)5)63(67)57-55-53-51-49-47-45-43-41-39-27-25-23-21-19-17-15-13-11-9-7-2/h8,10,14,16,20,22,26,28,30-31,33-34,55,57,62-63,67H,6-7,9,11-13,15,17-19,21,23-25,27,29,32,35-54,56,58-61H2,1-5H3,(H-,65,68,69,70)/p+1/b10-8-,16-14-,22-20-,28-26-,31-30-,34-33-,57-55+. The molecule has 1 amide bonds. The first-order valence-corrected chi connectivity index (χ1v) is 32.0. The summed E-state index contributed by atoms with van der Waals surface area (Å²) in [4.78, 5) is 23.3. The van der Waals surface area contributed by atoms with Gasteiger partial charge in [-0.05, 0) is 70.6 Å². The maximum atomic E-state index is 13.0. The lowest BCUT2D eigenvalue weighted by atomic mass is 10.0. The Kier molecular flexibility index (Phi) is 52.7. The topological polar surface area (TPSA) is 105 Å². The molecule has 0 heterocycles. The third-order valence-corrected chi connectivity index (χ3v) is 14.4. The van der Waals surface area contributed by atoms with Gasteiger partial charge in [0.2, 0.25) is 5.91 Å². The van der Waals surface area contributed by atoms with Gasteiger partial charge in [-0.15, -0.1) is 0 Å². The second kappa shape index (κ2) is 54.5.